The maximum Gasteiger partial charge on any atom is 0.309 e. The minimum absolute atomic E-state index is 0.0777. The van der Waals surface area contributed by atoms with E-state index < -0.39 is 5.91 Å². The molecule has 0 atom stereocenters. The first-order valence-electron chi connectivity index (χ1n) is 7.64. The molecular formula is C17H21NO4. The number of ether oxygens (including phenoxy) is 1. The second kappa shape index (κ2) is 7.73. The van der Waals surface area contributed by atoms with Gasteiger partial charge in [-0.05, 0) is 31.9 Å². The zero-order chi connectivity index (χ0) is 15.9. The molecule has 22 heavy (non-hydrogen) atoms. The van der Waals surface area contributed by atoms with Gasteiger partial charge < -0.3 is 10.1 Å². The number of anilines is 1. The van der Waals surface area contributed by atoms with Crippen LogP contribution in [0.25, 0.3) is 0 Å². The first-order valence-corrected chi connectivity index (χ1v) is 7.64. The number of Topliss-reactive ketones (excluding diaryl/α,β-unsaturated/α-hetero) is 1. The summed E-state index contributed by atoms with van der Waals surface area (Å²) in [6.07, 6.45) is 4.92. The first-order chi connectivity index (χ1) is 10.6. The Balaban J connectivity index is 1.85. The van der Waals surface area contributed by atoms with Crippen molar-refractivity contribution in [3.05, 3.63) is 29.8 Å². The van der Waals surface area contributed by atoms with Crippen molar-refractivity contribution in [3.8, 4) is 0 Å². The molecule has 1 N–H and O–H groups in total. The number of hydrogen-bond acceptors (Lipinski definition) is 4. The lowest BCUT2D eigenvalue weighted by Crippen LogP contribution is -2.26. The molecule has 1 amide bonds. The smallest absolute Gasteiger partial charge is 0.309 e. The fourth-order valence-electron chi connectivity index (χ4n) is 2.68. The molecule has 2 rings (SSSR count). The lowest BCUT2D eigenvalue weighted by molar-refractivity contribution is -0.152. The average molecular weight is 303 g/mol. The number of hydrogen-bond donors (Lipinski definition) is 1. The van der Waals surface area contributed by atoms with Crippen LogP contribution in [0.15, 0.2) is 24.3 Å². The molecule has 1 aliphatic carbocycles. The SMILES string of the molecule is CC(=O)c1ccccc1NC(=O)COC(=O)C1CCCCC1. The fourth-order valence-corrected chi connectivity index (χ4v) is 2.68. The predicted molar refractivity (Wildman–Crippen MR) is 82.6 cm³/mol. The lowest BCUT2D eigenvalue weighted by Gasteiger charge is -2.19. The maximum absolute atomic E-state index is 11.9. The Morgan fingerprint density at radius 2 is 1.82 bits per heavy atom. The van der Waals surface area contributed by atoms with Crippen molar-refractivity contribution in [2.45, 2.75) is 39.0 Å². The Morgan fingerprint density at radius 1 is 1.14 bits per heavy atom. The highest BCUT2D eigenvalue weighted by Gasteiger charge is 2.23. The number of carbonyl (C=O) groups excluding carboxylic acids is 3. The summed E-state index contributed by atoms with van der Waals surface area (Å²) in [7, 11) is 0. The number of benzene rings is 1. The second-order valence-electron chi connectivity index (χ2n) is 5.59. The van der Waals surface area contributed by atoms with Gasteiger partial charge in [0.05, 0.1) is 11.6 Å². The highest BCUT2D eigenvalue weighted by atomic mass is 16.5. The second-order valence-corrected chi connectivity index (χ2v) is 5.59. The molecule has 1 aliphatic rings. The molecule has 1 aromatic rings. The zero-order valence-corrected chi connectivity index (χ0v) is 12.8. The maximum atomic E-state index is 11.9. The third-order valence-electron chi connectivity index (χ3n) is 3.86. The normalized spacial score (nSPS) is 15.1. The van der Waals surface area contributed by atoms with E-state index in [9.17, 15) is 14.4 Å². The van der Waals surface area contributed by atoms with Gasteiger partial charge in [0.1, 0.15) is 0 Å². The Kier molecular flexibility index (Phi) is 5.69. The van der Waals surface area contributed by atoms with E-state index in [1.807, 2.05) is 0 Å². The molecule has 1 saturated carbocycles. The van der Waals surface area contributed by atoms with Crippen molar-refractivity contribution >= 4 is 23.3 Å². The summed E-state index contributed by atoms with van der Waals surface area (Å²) in [4.78, 5) is 35.2. The zero-order valence-electron chi connectivity index (χ0n) is 12.8. The van der Waals surface area contributed by atoms with Gasteiger partial charge in [0.15, 0.2) is 12.4 Å². The van der Waals surface area contributed by atoms with Gasteiger partial charge in [-0.1, -0.05) is 31.4 Å². The van der Waals surface area contributed by atoms with Crippen LogP contribution in [0.5, 0.6) is 0 Å². The van der Waals surface area contributed by atoms with Crippen LogP contribution in [-0.4, -0.2) is 24.3 Å². The van der Waals surface area contributed by atoms with E-state index >= 15 is 0 Å². The van der Waals surface area contributed by atoms with E-state index in [-0.39, 0.29) is 24.3 Å². The number of para-hydroxylation sites is 1. The molecule has 0 unspecified atom stereocenters. The van der Waals surface area contributed by atoms with Crippen LogP contribution in [-0.2, 0) is 14.3 Å². The van der Waals surface area contributed by atoms with Gasteiger partial charge in [-0.2, -0.15) is 0 Å². The molecule has 0 heterocycles. The Bertz CT molecular complexity index is 562. The van der Waals surface area contributed by atoms with Crippen LogP contribution in [0.2, 0.25) is 0 Å². The fraction of sp³-hybridized carbons (Fsp3) is 0.471. The van der Waals surface area contributed by atoms with Crippen molar-refractivity contribution in [1.82, 2.24) is 0 Å². The third kappa shape index (κ3) is 4.41. The highest BCUT2D eigenvalue weighted by molar-refractivity contribution is 6.04. The summed E-state index contributed by atoms with van der Waals surface area (Å²) in [5.41, 5.74) is 0.878. The van der Waals surface area contributed by atoms with Crippen LogP contribution < -0.4 is 5.32 Å². The molecule has 0 aromatic heterocycles. The molecule has 0 bridgehead atoms. The van der Waals surface area contributed by atoms with E-state index in [0.29, 0.717) is 11.3 Å². The highest BCUT2D eigenvalue weighted by Crippen LogP contribution is 2.24. The number of ketones is 1. The minimum Gasteiger partial charge on any atom is -0.455 e. The average Bonchev–Trinajstić information content (AvgIpc) is 2.53. The quantitative estimate of drug-likeness (QED) is 0.670. The van der Waals surface area contributed by atoms with Crippen LogP contribution in [0.3, 0.4) is 0 Å². The van der Waals surface area contributed by atoms with E-state index in [1.165, 1.54) is 6.92 Å². The Labute approximate surface area is 130 Å². The van der Waals surface area contributed by atoms with Gasteiger partial charge in [0, 0.05) is 5.56 Å². The van der Waals surface area contributed by atoms with E-state index in [2.05, 4.69) is 5.32 Å². The van der Waals surface area contributed by atoms with Crippen molar-refractivity contribution in [3.63, 3.8) is 0 Å². The topological polar surface area (TPSA) is 72.5 Å². The van der Waals surface area contributed by atoms with E-state index in [4.69, 9.17) is 4.74 Å². The number of esters is 1. The van der Waals surface area contributed by atoms with Gasteiger partial charge in [0.2, 0.25) is 0 Å². The van der Waals surface area contributed by atoms with Gasteiger partial charge in [0.25, 0.3) is 5.91 Å². The summed E-state index contributed by atoms with van der Waals surface area (Å²) in [5, 5.41) is 2.61. The van der Waals surface area contributed by atoms with Crippen LogP contribution in [0.4, 0.5) is 5.69 Å². The van der Waals surface area contributed by atoms with Crippen LogP contribution >= 0.6 is 0 Å². The van der Waals surface area contributed by atoms with Crippen molar-refractivity contribution in [2.24, 2.45) is 5.92 Å². The summed E-state index contributed by atoms with van der Waals surface area (Å²) in [5.74, 6) is -0.936. The first kappa shape index (κ1) is 16.2. The molecule has 1 aromatic carbocycles. The van der Waals surface area contributed by atoms with Crippen molar-refractivity contribution in [1.29, 1.82) is 0 Å². The Hall–Kier alpha value is -2.17. The summed E-state index contributed by atoms with van der Waals surface area (Å²) in [6.45, 7) is 1.12. The predicted octanol–water partition coefficient (Wildman–Crippen LogP) is 2.95. The minimum atomic E-state index is -0.433. The van der Waals surface area contributed by atoms with Crippen molar-refractivity contribution in [2.75, 3.05) is 11.9 Å². The summed E-state index contributed by atoms with van der Waals surface area (Å²) >= 11 is 0. The standard InChI is InChI=1S/C17H21NO4/c1-12(19)14-9-5-6-10-15(14)18-16(20)11-22-17(21)13-7-3-2-4-8-13/h5-6,9-10,13H,2-4,7-8,11H2,1H3,(H,18,20). The molecule has 118 valence electrons. The largest absolute Gasteiger partial charge is 0.455 e. The number of carbonyl (C=O) groups is 3. The molecular weight excluding hydrogens is 282 g/mol. The molecule has 5 nitrogen and oxygen atoms in total. The number of nitrogens with one attached hydrogen (secondary N) is 1. The molecule has 0 spiro atoms. The van der Waals surface area contributed by atoms with Crippen LogP contribution in [0, 0.1) is 5.92 Å². The van der Waals surface area contributed by atoms with E-state index in [0.717, 1.165) is 32.1 Å². The number of rotatable bonds is 5. The summed E-state index contributed by atoms with van der Waals surface area (Å²) in [6, 6.07) is 6.76. The van der Waals surface area contributed by atoms with Crippen molar-refractivity contribution < 1.29 is 19.1 Å². The van der Waals surface area contributed by atoms with E-state index in [1.54, 1.807) is 24.3 Å². The molecule has 0 aliphatic heterocycles. The number of amides is 1. The molecule has 0 radical (unpaired) electrons. The van der Waals surface area contributed by atoms with Gasteiger partial charge in [-0.3, -0.25) is 14.4 Å². The van der Waals surface area contributed by atoms with Gasteiger partial charge >= 0.3 is 5.97 Å². The lowest BCUT2D eigenvalue weighted by atomic mass is 9.89. The van der Waals surface area contributed by atoms with Gasteiger partial charge in [-0.25, -0.2) is 0 Å². The molecule has 5 heteroatoms. The summed E-state index contributed by atoms with van der Waals surface area (Å²) < 4.78 is 5.08. The molecule has 1 fully saturated rings. The monoisotopic (exact) mass is 303 g/mol. The molecule has 0 saturated heterocycles. The third-order valence-corrected chi connectivity index (χ3v) is 3.86. The van der Waals surface area contributed by atoms with Gasteiger partial charge in [-0.15, -0.1) is 0 Å². The Morgan fingerprint density at radius 3 is 2.50 bits per heavy atom. The van der Waals surface area contributed by atoms with Crippen LogP contribution in [0.1, 0.15) is 49.4 Å².